The van der Waals surface area contributed by atoms with Crippen molar-refractivity contribution < 1.29 is 4.79 Å². The highest BCUT2D eigenvalue weighted by molar-refractivity contribution is 5.79. The highest BCUT2D eigenvalue weighted by atomic mass is 16.1. The lowest BCUT2D eigenvalue weighted by Gasteiger charge is -2.28. The van der Waals surface area contributed by atoms with Gasteiger partial charge in [-0.05, 0) is 44.1 Å². The van der Waals surface area contributed by atoms with Gasteiger partial charge in [-0.2, -0.15) is 0 Å². The first kappa shape index (κ1) is 18.0. The molecule has 1 saturated carbocycles. The van der Waals surface area contributed by atoms with Crippen molar-refractivity contribution in [1.82, 2.24) is 5.32 Å². The molecule has 1 N–H and O–H groups in total. The Bertz CT molecular complexity index is 448. The monoisotopic (exact) mass is 315 g/mol. The number of benzene rings is 1. The summed E-state index contributed by atoms with van der Waals surface area (Å²) in [5.74, 6) is 1.35. The van der Waals surface area contributed by atoms with E-state index >= 15 is 0 Å². The molecule has 23 heavy (non-hydrogen) atoms. The second kappa shape index (κ2) is 9.75. The second-order valence-electron chi connectivity index (χ2n) is 7.21. The van der Waals surface area contributed by atoms with E-state index in [0.29, 0.717) is 0 Å². The molecule has 0 unspecified atom stereocenters. The number of rotatable bonds is 8. The minimum atomic E-state index is 0.107. The molecule has 0 spiro atoms. The van der Waals surface area contributed by atoms with E-state index in [-0.39, 0.29) is 17.9 Å². The maximum absolute atomic E-state index is 12.5. The van der Waals surface area contributed by atoms with Gasteiger partial charge in [0.05, 0.1) is 6.04 Å². The van der Waals surface area contributed by atoms with Crippen LogP contribution in [0.2, 0.25) is 0 Å². The third kappa shape index (κ3) is 6.01. The van der Waals surface area contributed by atoms with Crippen LogP contribution in [0.5, 0.6) is 0 Å². The standard InChI is InChI=1S/C21H33NO/c1-3-4-5-7-10-18-13-15-20(16-14-18)21(23)22-17(2)19-11-8-6-9-12-19/h6,8-9,11-12,17-18,20H,3-5,7,10,13-16H2,1-2H3,(H,22,23)/t17-,18?,20?/m0/s1. The molecule has 0 saturated heterocycles. The van der Waals surface area contributed by atoms with Gasteiger partial charge in [-0.15, -0.1) is 0 Å². The molecule has 1 amide bonds. The fourth-order valence-electron chi connectivity index (χ4n) is 3.73. The van der Waals surface area contributed by atoms with E-state index < -0.39 is 0 Å². The van der Waals surface area contributed by atoms with Crippen molar-refractivity contribution in [2.75, 3.05) is 0 Å². The molecule has 1 atom stereocenters. The number of carbonyl (C=O) groups is 1. The Morgan fingerprint density at radius 3 is 2.43 bits per heavy atom. The Hall–Kier alpha value is -1.31. The first-order chi connectivity index (χ1) is 11.2. The number of carbonyl (C=O) groups excluding carboxylic acids is 1. The van der Waals surface area contributed by atoms with Crippen LogP contribution in [0.1, 0.15) is 83.2 Å². The fourth-order valence-corrected chi connectivity index (χ4v) is 3.73. The second-order valence-corrected chi connectivity index (χ2v) is 7.21. The van der Waals surface area contributed by atoms with Gasteiger partial charge in [-0.25, -0.2) is 0 Å². The third-order valence-corrected chi connectivity index (χ3v) is 5.34. The minimum Gasteiger partial charge on any atom is -0.349 e. The van der Waals surface area contributed by atoms with Crippen LogP contribution in [0.15, 0.2) is 30.3 Å². The van der Waals surface area contributed by atoms with Crippen LogP contribution in [0.25, 0.3) is 0 Å². The van der Waals surface area contributed by atoms with Gasteiger partial charge in [-0.1, -0.05) is 69.4 Å². The normalized spacial score (nSPS) is 22.5. The van der Waals surface area contributed by atoms with Crippen molar-refractivity contribution in [2.24, 2.45) is 11.8 Å². The molecular formula is C21H33NO. The summed E-state index contributed by atoms with van der Waals surface area (Å²) < 4.78 is 0. The molecule has 1 aliphatic carbocycles. The average Bonchev–Trinajstić information content (AvgIpc) is 2.60. The summed E-state index contributed by atoms with van der Waals surface area (Å²) >= 11 is 0. The van der Waals surface area contributed by atoms with Gasteiger partial charge in [0, 0.05) is 5.92 Å². The molecule has 0 heterocycles. The van der Waals surface area contributed by atoms with Crippen molar-refractivity contribution in [3.05, 3.63) is 35.9 Å². The fraction of sp³-hybridized carbons (Fsp3) is 0.667. The molecular weight excluding hydrogens is 282 g/mol. The summed E-state index contributed by atoms with van der Waals surface area (Å²) in [6, 6.07) is 10.3. The van der Waals surface area contributed by atoms with Crippen LogP contribution in [-0.2, 0) is 4.79 Å². The minimum absolute atomic E-state index is 0.107. The average molecular weight is 316 g/mol. The summed E-state index contributed by atoms with van der Waals surface area (Å²) in [4.78, 5) is 12.5. The Kier molecular flexibility index (Phi) is 7.64. The van der Waals surface area contributed by atoms with Gasteiger partial charge in [0.1, 0.15) is 0 Å². The van der Waals surface area contributed by atoms with Gasteiger partial charge in [-0.3, -0.25) is 4.79 Å². The highest BCUT2D eigenvalue weighted by Crippen LogP contribution is 2.32. The lowest BCUT2D eigenvalue weighted by atomic mass is 9.79. The summed E-state index contributed by atoms with van der Waals surface area (Å²) in [7, 11) is 0. The van der Waals surface area contributed by atoms with E-state index in [1.807, 2.05) is 18.2 Å². The van der Waals surface area contributed by atoms with Gasteiger partial charge >= 0.3 is 0 Å². The molecule has 2 rings (SSSR count). The molecule has 1 aromatic carbocycles. The Labute approximate surface area is 142 Å². The van der Waals surface area contributed by atoms with Crippen LogP contribution >= 0.6 is 0 Å². The third-order valence-electron chi connectivity index (χ3n) is 5.34. The molecule has 0 aromatic heterocycles. The summed E-state index contributed by atoms with van der Waals surface area (Å²) in [5.41, 5.74) is 1.19. The molecule has 1 aromatic rings. The topological polar surface area (TPSA) is 29.1 Å². The maximum atomic E-state index is 12.5. The maximum Gasteiger partial charge on any atom is 0.223 e. The quantitative estimate of drug-likeness (QED) is 0.618. The van der Waals surface area contributed by atoms with E-state index in [4.69, 9.17) is 0 Å². The molecule has 0 bridgehead atoms. The Morgan fingerprint density at radius 2 is 1.78 bits per heavy atom. The van der Waals surface area contributed by atoms with E-state index in [9.17, 15) is 4.79 Å². The predicted octanol–water partition coefficient (Wildman–Crippen LogP) is 5.64. The number of hydrogen-bond acceptors (Lipinski definition) is 1. The van der Waals surface area contributed by atoms with Crippen LogP contribution in [0, 0.1) is 11.8 Å². The van der Waals surface area contributed by atoms with Gasteiger partial charge < -0.3 is 5.32 Å². The predicted molar refractivity (Wildman–Crippen MR) is 97.2 cm³/mol. The van der Waals surface area contributed by atoms with Gasteiger partial charge in [0.15, 0.2) is 0 Å². The number of unbranched alkanes of at least 4 members (excludes halogenated alkanes) is 3. The molecule has 128 valence electrons. The SMILES string of the molecule is CCCCCCC1CCC(C(=O)N[C@@H](C)c2ccccc2)CC1. The molecule has 0 radical (unpaired) electrons. The van der Waals surface area contributed by atoms with Crippen LogP contribution < -0.4 is 5.32 Å². The van der Waals surface area contributed by atoms with E-state index in [0.717, 1.165) is 18.8 Å². The van der Waals surface area contributed by atoms with Crippen LogP contribution in [0.3, 0.4) is 0 Å². The van der Waals surface area contributed by atoms with Crippen molar-refractivity contribution in [2.45, 2.75) is 77.7 Å². The summed E-state index contributed by atoms with van der Waals surface area (Å²) in [6.45, 7) is 4.34. The first-order valence-corrected chi connectivity index (χ1v) is 9.56. The zero-order valence-corrected chi connectivity index (χ0v) is 14.9. The molecule has 0 aliphatic heterocycles. The van der Waals surface area contributed by atoms with E-state index in [1.165, 1.54) is 50.5 Å². The number of nitrogens with one attached hydrogen (secondary N) is 1. The van der Waals surface area contributed by atoms with Crippen molar-refractivity contribution in [3.8, 4) is 0 Å². The molecule has 1 fully saturated rings. The van der Waals surface area contributed by atoms with Crippen molar-refractivity contribution >= 4 is 5.91 Å². The van der Waals surface area contributed by atoms with Crippen molar-refractivity contribution in [1.29, 1.82) is 0 Å². The zero-order valence-electron chi connectivity index (χ0n) is 14.9. The van der Waals surface area contributed by atoms with Gasteiger partial charge in [0.25, 0.3) is 0 Å². The Balaban J connectivity index is 1.69. The van der Waals surface area contributed by atoms with Crippen LogP contribution in [0.4, 0.5) is 0 Å². The Morgan fingerprint density at radius 1 is 1.09 bits per heavy atom. The number of hydrogen-bond donors (Lipinski definition) is 1. The molecule has 1 aliphatic rings. The highest BCUT2D eigenvalue weighted by Gasteiger charge is 2.26. The lowest BCUT2D eigenvalue weighted by molar-refractivity contribution is -0.126. The van der Waals surface area contributed by atoms with Gasteiger partial charge in [0.2, 0.25) is 5.91 Å². The van der Waals surface area contributed by atoms with E-state index in [1.54, 1.807) is 0 Å². The summed E-state index contributed by atoms with van der Waals surface area (Å²) in [5, 5.41) is 3.20. The number of amides is 1. The zero-order chi connectivity index (χ0) is 16.5. The van der Waals surface area contributed by atoms with Crippen molar-refractivity contribution in [3.63, 3.8) is 0 Å². The largest absolute Gasteiger partial charge is 0.349 e. The first-order valence-electron chi connectivity index (χ1n) is 9.56. The molecule has 2 heteroatoms. The van der Waals surface area contributed by atoms with Crippen LogP contribution in [-0.4, -0.2) is 5.91 Å². The van der Waals surface area contributed by atoms with E-state index in [2.05, 4.69) is 31.3 Å². The molecule has 2 nitrogen and oxygen atoms in total. The lowest BCUT2D eigenvalue weighted by Crippen LogP contribution is -2.34. The smallest absolute Gasteiger partial charge is 0.223 e. The summed E-state index contributed by atoms with van der Waals surface area (Å²) in [6.07, 6.45) is 11.4.